The quantitative estimate of drug-likeness (QED) is 0.640. The van der Waals surface area contributed by atoms with Gasteiger partial charge in [0.15, 0.2) is 5.11 Å². The Labute approximate surface area is 118 Å². The van der Waals surface area contributed by atoms with Gasteiger partial charge in [0.25, 0.3) is 0 Å². The molecule has 0 radical (unpaired) electrons. The minimum absolute atomic E-state index is 0.246. The monoisotopic (exact) mass is 278 g/mol. The Hall–Kier alpha value is -1.88. The molecule has 0 bridgehead atoms. The van der Waals surface area contributed by atoms with Gasteiger partial charge in [-0.2, -0.15) is 0 Å². The Morgan fingerprint density at radius 1 is 1.37 bits per heavy atom. The number of hydrogen-bond acceptors (Lipinski definition) is 3. The summed E-state index contributed by atoms with van der Waals surface area (Å²) in [7, 11) is 1.61. The van der Waals surface area contributed by atoms with Crippen LogP contribution in [-0.4, -0.2) is 24.7 Å². The predicted molar refractivity (Wildman–Crippen MR) is 81.1 cm³/mol. The van der Waals surface area contributed by atoms with Crippen LogP contribution in [0.1, 0.15) is 18.9 Å². The van der Waals surface area contributed by atoms with Gasteiger partial charge in [0, 0.05) is 12.6 Å². The van der Waals surface area contributed by atoms with Gasteiger partial charge in [-0.15, -0.1) is 0 Å². The third-order valence-corrected chi connectivity index (χ3v) is 2.56. The topological polar surface area (TPSA) is 50.4 Å². The summed E-state index contributed by atoms with van der Waals surface area (Å²) in [5.74, 6) is 0.538. The first kappa shape index (κ1) is 15.2. The molecule has 0 fully saturated rings. The van der Waals surface area contributed by atoms with Crippen LogP contribution in [0.4, 0.5) is 0 Å². The van der Waals surface area contributed by atoms with Gasteiger partial charge in [-0.3, -0.25) is 10.1 Å². The molecular formula is C14H18N2O2S. The van der Waals surface area contributed by atoms with E-state index in [1.165, 1.54) is 6.08 Å². The SMILES string of the molecule is CCCNC(=S)NC(=O)C=Cc1ccc(OC)cc1. The lowest BCUT2D eigenvalue weighted by molar-refractivity contribution is -0.115. The van der Waals surface area contributed by atoms with Crippen molar-refractivity contribution in [2.24, 2.45) is 0 Å². The molecule has 0 spiro atoms. The molecule has 102 valence electrons. The number of amides is 1. The maximum atomic E-state index is 11.6. The molecule has 0 atom stereocenters. The molecule has 1 amide bonds. The van der Waals surface area contributed by atoms with E-state index in [0.717, 1.165) is 24.3 Å². The van der Waals surface area contributed by atoms with Crippen LogP contribution in [0, 0.1) is 0 Å². The highest BCUT2D eigenvalue weighted by Crippen LogP contribution is 2.12. The number of benzene rings is 1. The third-order valence-electron chi connectivity index (χ3n) is 2.32. The highest BCUT2D eigenvalue weighted by molar-refractivity contribution is 7.80. The summed E-state index contributed by atoms with van der Waals surface area (Å²) < 4.78 is 5.06. The van der Waals surface area contributed by atoms with Gasteiger partial charge >= 0.3 is 0 Å². The predicted octanol–water partition coefficient (Wildman–Crippen LogP) is 2.11. The number of carbonyl (C=O) groups is 1. The van der Waals surface area contributed by atoms with Crippen LogP contribution in [0.3, 0.4) is 0 Å². The average Bonchev–Trinajstić information content (AvgIpc) is 2.43. The van der Waals surface area contributed by atoms with Crippen molar-refractivity contribution >= 4 is 29.3 Å². The van der Waals surface area contributed by atoms with Crippen LogP contribution in [-0.2, 0) is 4.79 Å². The van der Waals surface area contributed by atoms with Crippen molar-refractivity contribution in [1.82, 2.24) is 10.6 Å². The van der Waals surface area contributed by atoms with Gasteiger partial charge in [-0.25, -0.2) is 0 Å². The summed E-state index contributed by atoms with van der Waals surface area (Å²) in [6, 6.07) is 7.42. The zero-order chi connectivity index (χ0) is 14.1. The fraction of sp³-hybridized carbons (Fsp3) is 0.286. The van der Waals surface area contributed by atoms with E-state index in [4.69, 9.17) is 17.0 Å². The van der Waals surface area contributed by atoms with Crippen molar-refractivity contribution in [3.8, 4) is 5.75 Å². The normalized spacial score (nSPS) is 10.2. The van der Waals surface area contributed by atoms with E-state index in [9.17, 15) is 4.79 Å². The highest BCUT2D eigenvalue weighted by Gasteiger charge is 1.99. The lowest BCUT2D eigenvalue weighted by Crippen LogP contribution is -2.38. The fourth-order valence-electron chi connectivity index (χ4n) is 1.32. The Bertz CT molecular complexity index is 455. The molecule has 19 heavy (non-hydrogen) atoms. The summed E-state index contributed by atoms with van der Waals surface area (Å²) in [5.41, 5.74) is 0.920. The zero-order valence-corrected chi connectivity index (χ0v) is 11.9. The molecule has 1 aromatic carbocycles. The van der Waals surface area contributed by atoms with E-state index in [2.05, 4.69) is 10.6 Å². The van der Waals surface area contributed by atoms with Crippen molar-refractivity contribution in [3.05, 3.63) is 35.9 Å². The number of thiocarbonyl (C=S) groups is 1. The molecule has 0 saturated carbocycles. The second kappa shape index (κ2) is 8.26. The van der Waals surface area contributed by atoms with E-state index in [1.807, 2.05) is 31.2 Å². The summed E-state index contributed by atoms with van der Waals surface area (Å²) >= 11 is 4.97. The van der Waals surface area contributed by atoms with Crippen LogP contribution >= 0.6 is 12.2 Å². The number of nitrogens with one attached hydrogen (secondary N) is 2. The Morgan fingerprint density at radius 3 is 2.63 bits per heavy atom. The molecule has 1 aromatic rings. The molecule has 2 N–H and O–H groups in total. The van der Waals surface area contributed by atoms with Crippen LogP contribution < -0.4 is 15.4 Å². The smallest absolute Gasteiger partial charge is 0.250 e. The molecule has 0 unspecified atom stereocenters. The maximum Gasteiger partial charge on any atom is 0.250 e. The van der Waals surface area contributed by atoms with Crippen molar-refractivity contribution in [3.63, 3.8) is 0 Å². The lowest BCUT2D eigenvalue weighted by atomic mass is 10.2. The summed E-state index contributed by atoms with van der Waals surface area (Å²) in [4.78, 5) is 11.6. The van der Waals surface area contributed by atoms with Crippen molar-refractivity contribution in [2.75, 3.05) is 13.7 Å². The minimum Gasteiger partial charge on any atom is -0.497 e. The van der Waals surface area contributed by atoms with E-state index < -0.39 is 0 Å². The van der Waals surface area contributed by atoms with Gasteiger partial charge in [0.05, 0.1) is 7.11 Å². The molecule has 0 saturated heterocycles. The first-order valence-corrected chi connectivity index (χ1v) is 6.47. The number of rotatable bonds is 5. The van der Waals surface area contributed by atoms with Crippen molar-refractivity contribution in [2.45, 2.75) is 13.3 Å². The number of ether oxygens (including phenoxy) is 1. The van der Waals surface area contributed by atoms with E-state index >= 15 is 0 Å². The van der Waals surface area contributed by atoms with Crippen LogP contribution in [0.15, 0.2) is 30.3 Å². The molecule has 0 aromatic heterocycles. The lowest BCUT2D eigenvalue weighted by Gasteiger charge is -2.05. The Morgan fingerprint density at radius 2 is 2.05 bits per heavy atom. The molecular weight excluding hydrogens is 260 g/mol. The fourth-order valence-corrected chi connectivity index (χ4v) is 1.53. The van der Waals surface area contributed by atoms with Gasteiger partial charge in [0.2, 0.25) is 5.91 Å². The van der Waals surface area contributed by atoms with Gasteiger partial charge in [-0.05, 0) is 42.4 Å². The molecule has 5 heteroatoms. The van der Waals surface area contributed by atoms with Gasteiger partial charge in [-0.1, -0.05) is 19.1 Å². The average molecular weight is 278 g/mol. The summed E-state index contributed by atoms with van der Waals surface area (Å²) in [6.45, 7) is 2.78. The number of hydrogen-bond donors (Lipinski definition) is 2. The summed E-state index contributed by atoms with van der Waals surface area (Å²) in [6.07, 6.45) is 4.12. The molecule has 4 nitrogen and oxygen atoms in total. The number of methoxy groups -OCH3 is 1. The highest BCUT2D eigenvalue weighted by atomic mass is 32.1. The van der Waals surface area contributed by atoms with Crippen LogP contribution in [0.5, 0.6) is 5.75 Å². The maximum absolute atomic E-state index is 11.6. The first-order valence-electron chi connectivity index (χ1n) is 6.06. The molecule has 0 aliphatic rings. The van der Waals surface area contributed by atoms with E-state index in [1.54, 1.807) is 13.2 Å². The zero-order valence-electron chi connectivity index (χ0n) is 11.1. The number of carbonyl (C=O) groups excluding carboxylic acids is 1. The van der Waals surface area contributed by atoms with Gasteiger partial charge < -0.3 is 10.1 Å². The molecule has 0 heterocycles. The van der Waals surface area contributed by atoms with Crippen LogP contribution in [0.2, 0.25) is 0 Å². The Kier molecular flexibility index (Phi) is 6.60. The minimum atomic E-state index is -0.246. The van der Waals surface area contributed by atoms with E-state index in [-0.39, 0.29) is 5.91 Å². The van der Waals surface area contributed by atoms with E-state index in [0.29, 0.717) is 5.11 Å². The van der Waals surface area contributed by atoms with Crippen molar-refractivity contribution in [1.29, 1.82) is 0 Å². The standard InChI is InChI=1S/C14H18N2O2S/c1-3-10-15-14(19)16-13(17)9-6-11-4-7-12(18-2)8-5-11/h4-9H,3,10H2,1-2H3,(H2,15,16,17,19). The molecule has 1 rings (SSSR count). The Balaban J connectivity index is 2.46. The second-order valence-corrected chi connectivity index (χ2v) is 4.26. The van der Waals surface area contributed by atoms with Crippen LogP contribution in [0.25, 0.3) is 6.08 Å². The first-order chi connectivity index (χ1) is 9.15. The third kappa shape index (κ3) is 6.01. The van der Waals surface area contributed by atoms with Gasteiger partial charge in [0.1, 0.15) is 5.75 Å². The molecule has 0 aliphatic carbocycles. The largest absolute Gasteiger partial charge is 0.497 e. The van der Waals surface area contributed by atoms with Crippen molar-refractivity contribution < 1.29 is 9.53 Å². The summed E-state index contributed by atoms with van der Waals surface area (Å²) in [5, 5.41) is 5.86. The second-order valence-electron chi connectivity index (χ2n) is 3.85. The molecule has 0 aliphatic heterocycles.